The summed E-state index contributed by atoms with van der Waals surface area (Å²) in [5.41, 5.74) is 1.34. The van der Waals surface area contributed by atoms with E-state index in [2.05, 4.69) is 15.2 Å². The molecule has 0 N–H and O–H groups in total. The van der Waals surface area contributed by atoms with E-state index in [1.807, 2.05) is 23.1 Å². The molecular weight excluding hydrogens is 320 g/mol. The third-order valence-electron chi connectivity index (χ3n) is 5.01. The molecule has 0 spiro atoms. The highest BCUT2D eigenvalue weighted by Gasteiger charge is 2.52. The maximum atomic E-state index is 12.7. The lowest BCUT2D eigenvalue weighted by molar-refractivity contribution is 0.0175. The van der Waals surface area contributed by atoms with Gasteiger partial charge < -0.3 is 14.4 Å². The number of rotatable bonds is 5. The molecule has 4 rings (SSSR count). The SMILES string of the molecule is O=C(c1ccnnc1)N1C[C@@H]2COC[C@]2(COCc2ccccn2)C1. The first-order valence-electron chi connectivity index (χ1n) is 8.38. The standard InChI is InChI=1S/C18H20N4O3/c23-17(14-4-6-20-21-7-14)22-8-15-9-24-12-18(15,11-22)13-25-10-16-3-1-2-5-19-16/h1-7,15H,8-13H2/t15-,18+/m1/s1. The Morgan fingerprint density at radius 1 is 1.32 bits per heavy atom. The number of carbonyl (C=O) groups excluding carboxylic acids is 1. The zero-order chi connectivity index (χ0) is 17.1. The van der Waals surface area contributed by atoms with Gasteiger partial charge in [0.15, 0.2) is 0 Å². The predicted molar refractivity (Wildman–Crippen MR) is 88.6 cm³/mol. The molecule has 0 unspecified atom stereocenters. The Bertz CT molecular complexity index is 728. The lowest BCUT2D eigenvalue weighted by Gasteiger charge is -2.26. The van der Waals surface area contributed by atoms with Crippen molar-refractivity contribution in [2.75, 3.05) is 32.9 Å². The molecular formula is C18H20N4O3. The highest BCUT2D eigenvalue weighted by atomic mass is 16.5. The second kappa shape index (κ2) is 6.85. The van der Waals surface area contributed by atoms with Gasteiger partial charge in [-0.3, -0.25) is 9.78 Å². The van der Waals surface area contributed by atoms with Gasteiger partial charge in [-0.1, -0.05) is 6.07 Å². The monoisotopic (exact) mass is 340 g/mol. The van der Waals surface area contributed by atoms with Crippen molar-refractivity contribution in [3.63, 3.8) is 0 Å². The van der Waals surface area contributed by atoms with Crippen molar-refractivity contribution in [1.29, 1.82) is 0 Å². The molecule has 7 heteroatoms. The highest BCUT2D eigenvalue weighted by Crippen LogP contribution is 2.42. The molecule has 130 valence electrons. The number of aromatic nitrogens is 3. The second-order valence-corrected chi connectivity index (χ2v) is 6.71. The number of nitrogens with zero attached hydrogens (tertiary/aromatic N) is 4. The predicted octanol–water partition coefficient (Wildman–Crippen LogP) is 1.18. The van der Waals surface area contributed by atoms with E-state index in [1.165, 1.54) is 6.20 Å². The number of fused-ring (bicyclic) bond motifs is 1. The first-order valence-corrected chi connectivity index (χ1v) is 8.38. The van der Waals surface area contributed by atoms with Gasteiger partial charge in [-0.05, 0) is 18.2 Å². The van der Waals surface area contributed by atoms with Crippen molar-refractivity contribution in [2.24, 2.45) is 11.3 Å². The van der Waals surface area contributed by atoms with Crippen LogP contribution in [0.4, 0.5) is 0 Å². The summed E-state index contributed by atoms with van der Waals surface area (Å²) in [6.45, 7) is 3.66. The van der Waals surface area contributed by atoms with Crippen molar-refractivity contribution in [2.45, 2.75) is 6.61 Å². The molecule has 2 aromatic heterocycles. The van der Waals surface area contributed by atoms with E-state index in [9.17, 15) is 4.79 Å². The normalized spacial score (nSPS) is 25.1. The van der Waals surface area contributed by atoms with Gasteiger partial charge in [0.05, 0.1) is 50.1 Å². The van der Waals surface area contributed by atoms with Crippen molar-refractivity contribution < 1.29 is 14.3 Å². The average Bonchev–Trinajstić information content (AvgIpc) is 3.20. The van der Waals surface area contributed by atoms with Gasteiger partial charge in [-0.15, -0.1) is 0 Å². The minimum Gasteiger partial charge on any atom is -0.380 e. The topological polar surface area (TPSA) is 77.4 Å². The maximum absolute atomic E-state index is 12.7. The third kappa shape index (κ3) is 3.25. The second-order valence-electron chi connectivity index (χ2n) is 6.71. The van der Waals surface area contributed by atoms with Gasteiger partial charge >= 0.3 is 0 Å². The fourth-order valence-corrected chi connectivity index (χ4v) is 3.63. The Balaban J connectivity index is 1.41. The van der Waals surface area contributed by atoms with Crippen LogP contribution in [0.5, 0.6) is 0 Å². The van der Waals surface area contributed by atoms with Gasteiger partial charge in [-0.2, -0.15) is 10.2 Å². The molecule has 2 atom stereocenters. The molecule has 0 saturated carbocycles. The van der Waals surface area contributed by atoms with E-state index < -0.39 is 0 Å². The summed E-state index contributed by atoms with van der Waals surface area (Å²) in [4.78, 5) is 18.8. The molecule has 2 aromatic rings. The van der Waals surface area contributed by atoms with Crippen molar-refractivity contribution in [3.05, 3.63) is 54.1 Å². The fourth-order valence-electron chi connectivity index (χ4n) is 3.63. The number of carbonyl (C=O) groups is 1. The lowest BCUT2D eigenvalue weighted by atomic mass is 9.82. The van der Waals surface area contributed by atoms with E-state index in [0.717, 1.165) is 5.69 Å². The summed E-state index contributed by atoms with van der Waals surface area (Å²) in [7, 11) is 0. The zero-order valence-corrected chi connectivity index (χ0v) is 13.9. The number of pyridine rings is 1. The number of ether oxygens (including phenoxy) is 2. The van der Waals surface area contributed by atoms with Crippen molar-refractivity contribution in [3.8, 4) is 0 Å². The maximum Gasteiger partial charge on any atom is 0.255 e. The summed E-state index contributed by atoms with van der Waals surface area (Å²) in [6, 6.07) is 7.48. The minimum atomic E-state index is -0.134. The van der Waals surface area contributed by atoms with Crippen molar-refractivity contribution >= 4 is 5.91 Å². The minimum absolute atomic E-state index is 0.00611. The van der Waals surface area contributed by atoms with Gasteiger partial charge in [0.1, 0.15) is 0 Å². The number of amides is 1. The van der Waals surface area contributed by atoms with Crippen LogP contribution in [0.3, 0.4) is 0 Å². The average molecular weight is 340 g/mol. The zero-order valence-electron chi connectivity index (χ0n) is 13.9. The Morgan fingerprint density at radius 3 is 3.08 bits per heavy atom. The number of hydrogen-bond donors (Lipinski definition) is 0. The molecule has 25 heavy (non-hydrogen) atoms. The van der Waals surface area contributed by atoms with Gasteiger partial charge in [0, 0.05) is 30.6 Å². The fraction of sp³-hybridized carbons (Fsp3) is 0.444. The van der Waals surface area contributed by atoms with Crippen LogP contribution in [0.15, 0.2) is 42.9 Å². The Hall–Kier alpha value is -2.38. The molecule has 0 bridgehead atoms. The van der Waals surface area contributed by atoms with Crippen LogP contribution in [0.25, 0.3) is 0 Å². The Morgan fingerprint density at radius 2 is 2.28 bits per heavy atom. The van der Waals surface area contributed by atoms with Crippen LogP contribution in [-0.2, 0) is 16.1 Å². The van der Waals surface area contributed by atoms with E-state index in [-0.39, 0.29) is 11.3 Å². The summed E-state index contributed by atoms with van der Waals surface area (Å²) in [6.07, 6.45) is 4.81. The molecule has 0 aliphatic carbocycles. The highest BCUT2D eigenvalue weighted by molar-refractivity contribution is 5.94. The van der Waals surface area contributed by atoms with Crippen LogP contribution in [0.2, 0.25) is 0 Å². The van der Waals surface area contributed by atoms with Crippen LogP contribution in [-0.4, -0.2) is 58.9 Å². The summed E-state index contributed by atoms with van der Waals surface area (Å²) in [5.74, 6) is 0.295. The lowest BCUT2D eigenvalue weighted by Crippen LogP contribution is -2.37. The smallest absolute Gasteiger partial charge is 0.255 e. The van der Waals surface area contributed by atoms with Crippen LogP contribution >= 0.6 is 0 Å². The largest absolute Gasteiger partial charge is 0.380 e. The molecule has 2 aliphatic rings. The van der Waals surface area contributed by atoms with E-state index in [1.54, 1.807) is 18.5 Å². The summed E-state index contributed by atoms with van der Waals surface area (Å²) < 4.78 is 11.6. The Kier molecular flexibility index (Phi) is 4.42. The molecule has 2 saturated heterocycles. The van der Waals surface area contributed by atoms with Crippen LogP contribution in [0.1, 0.15) is 16.1 Å². The third-order valence-corrected chi connectivity index (χ3v) is 5.01. The van der Waals surface area contributed by atoms with Gasteiger partial charge in [-0.25, -0.2) is 0 Å². The Labute approximate surface area is 146 Å². The van der Waals surface area contributed by atoms with E-state index >= 15 is 0 Å². The first-order chi connectivity index (χ1) is 12.3. The van der Waals surface area contributed by atoms with E-state index in [0.29, 0.717) is 51.0 Å². The molecule has 0 radical (unpaired) electrons. The molecule has 1 amide bonds. The quantitative estimate of drug-likeness (QED) is 0.813. The van der Waals surface area contributed by atoms with Crippen molar-refractivity contribution in [1.82, 2.24) is 20.1 Å². The molecule has 7 nitrogen and oxygen atoms in total. The van der Waals surface area contributed by atoms with Crippen LogP contribution < -0.4 is 0 Å². The van der Waals surface area contributed by atoms with Gasteiger partial charge in [0.25, 0.3) is 5.91 Å². The molecule has 2 fully saturated rings. The first kappa shape index (κ1) is 16.1. The summed E-state index contributed by atoms with van der Waals surface area (Å²) in [5, 5.41) is 7.52. The molecule has 2 aliphatic heterocycles. The number of likely N-dealkylation sites (tertiary alicyclic amines) is 1. The molecule has 0 aromatic carbocycles. The van der Waals surface area contributed by atoms with Gasteiger partial charge in [0.2, 0.25) is 0 Å². The summed E-state index contributed by atoms with van der Waals surface area (Å²) >= 11 is 0. The number of hydrogen-bond acceptors (Lipinski definition) is 6. The van der Waals surface area contributed by atoms with E-state index in [4.69, 9.17) is 9.47 Å². The van der Waals surface area contributed by atoms with Crippen LogP contribution in [0, 0.1) is 11.3 Å². The molecule has 4 heterocycles.